The van der Waals surface area contributed by atoms with E-state index in [1.165, 1.54) is 6.07 Å². The molecule has 1 aromatic heterocycles. The number of benzene rings is 3. The van der Waals surface area contributed by atoms with Crippen molar-refractivity contribution in [2.45, 2.75) is 17.7 Å². The molecular weight excluding hydrogens is 477 g/mol. The Labute approximate surface area is 204 Å². The molecule has 0 spiro atoms. The van der Waals surface area contributed by atoms with Gasteiger partial charge in [-0.25, -0.2) is 9.48 Å². The van der Waals surface area contributed by atoms with Gasteiger partial charge in [0.15, 0.2) is 0 Å². The molecule has 2 heterocycles. The fourth-order valence-electron chi connectivity index (χ4n) is 4.44. The summed E-state index contributed by atoms with van der Waals surface area (Å²) >= 11 is 12.1. The molecule has 0 saturated carbocycles. The van der Waals surface area contributed by atoms with Crippen LogP contribution in [-0.2, 0) is 10.5 Å². The smallest absolute Gasteiger partial charge is 0.360 e. The molecule has 0 radical (unpaired) electrons. The summed E-state index contributed by atoms with van der Waals surface area (Å²) in [5.41, 5.74) is -0.395. The molecule has 4 N–H and O–H groups in total. The Kier molecular flexibility index (Phi) is 5.48. The zero-order valence-electron chi connectivity index (χ0n) is 17.6. The van der Waals surface area contributed by atoms with Gasteiger partial charge in [0, 0.05) is 27.2 Å². The van der Waals surface area contributed by atoms with Crippen molar-refractivity contribution < 1.29 is 20.1 Å². The monoisotopic (exact) mass is 495 g/mol. The predicted octanol–water partition coefficient (Wildman–Crippen LogP) is 5.24. The van der Waals surface area contributed by atoms with Crippen molar-refractivity contribution in [3.8, 4) is 17.0 Å². The molecule has 1 aliphatic rings. The number of anilines is 1. The number of halogens is 2. The van der Waals surface area contributed by atoms with Crippen LogP contribution in [-0.4, -0.2) is 31.1 Å². The summed E-state index contributed by atoms with van der Waals surface area (Å²) < 4.78 is 1.08. The van der Waals surface area contributed by atoms with Gasteiger partial charge in [0.1, 0.15) is 11.6 Å². The van der Waals surface area contributed by atoms with Gasteiger partial charge in [-0.15, -0.1) is 0 Å². The van der Waals surface area contributed by atoms with Crippen LogP contribution in [0.3, 0.4) is 0 Å². The predicted molar refractivity (Wildman–Crippen MR) is 129 cm³/mol. The average molecular weight is 496 g/mol. The van der Waals surface area contributed by atoms with Crippen LogP contribution >= 0.6 is 23.2 Å². The van der Waals surface area contributed by atoms with E-state index in [0.29, 0.717) is 32.4 Å². The molecule has 0 saturated heterocycles. The molecule has 4 aromatic rings. The van der Waals surface area contributed by atoms with E-state index < -0.39 is 23.7 Å². The van der Waals surface area contributed by atoms with E-state index in [9.17, 15) is 20.1 Å². The van der Waals surface area contributed by atoms with Crippen molar-refractivity contribution in [2.75, 3.05) is 5.32 Å². The third kappa shape index (κ3) is 3.58. The number of nitrogens with zero attached hydrogens (tertiary/aromatic N) is 2. The van der Waals surface area contributed by atoms with Gasteiger partial charge in [0.2, 0.25) is 0 Å². The highest BCUT2D eigenvalue weighted by molar-refractivity contribution is 6.30. The first-order valence-corrected chi connectivity index (χ1v) is 11.2. The molecule has 0 aliphatic carbocycles. The number of aromatic hydroxyl groups is 1. The van der Waals surface area contributed by atoms with E-state index in [-0.39, 0.29) is 11.6 Å². The Morgan fingerprint density at radius 3 is 2.21 bits per heavy atom. The lowest BCUT2D eigenvalue weighted by Crippen LogP contribution is -2.54. The first-order chi connectivity index (χ1) is 16.3. The van der Waals surface area contributed by atoms with Gasteiger partial charge in [0.05, 0.1) is 17.7 Å². The standard InChI is InChI=1S/C25H19Cl2N3O4/c26-16-9-5-14(6-10-16)19-13-21-28-23(18-3-1-2-4-20(18)31)22(15-7-11-17(27)12-8-15)25(34,24(32)33)30(21)29-19/h1-13,22-23,28,31,34H,(H,32,33). The number of aliphatic hydroxyl groups is 1. The Hall–Kier alpha value is -3.52. The number of carboxylic acids is 1. The summed E-state index contributed by atoms with van der Waals surface area (Å²) in [7, 11) is 0. The molecule has 3 unspecified atom stereocenters. The minimum atomic E-state index is -2.48. The number of hydrogen-bond donors (Lipinski definition) is 4. The molecule has 3 aromatic carbocycles. The molecule has 34 heavy (non-hydrogen) atoms. The van der Waals surface area contributed by atoms with Crippen molar-refractivity contribution in [3.05, 3.63) is 100 Å². The third-order valence-corrected chi connectivity index (χ3v) is 6.56. The Morgan fingerprint density at radius 1 is 0.971 bits per heavy atom. The first-order valence-electron chi connectivity index (χ1n) is 10.4. The third-order valence-electron chi connectivity index (χ3n) is 6.06. The summed E-state index contributed by atoms with van der Waals surface area (Å²) in [4.78, 5) is 12.7. The summed E-state index contributed by atoms with van der Waals surface area (Å²) in [6.45, 7) is 0. The number of phenols is 1. The molecule has 1 aliphatic heterocycles. The maximum absolute atomic E-state index is 12.7. The normalized spacial score (nSPS) is 21.5. The van der Waals surface area contributed by atoms with E-state index in [1.807, 2.05) is 0 Å². The van der Waals surface area contributed by atoms with Crippen LogP contribution in [0.2, 0.25) is 10.0 Å². The average Bonchev–Trinajstić information content (AvgIpc) is 3.25. The number of hydrogen-bond acceptors (Lipinski definition) is 5. The molecule has 0 amide bonds. The van der Waals surface area contributed by atoms with Crippen LogP contribution in [0.15, 0.2) is 78.9 Å². The van der Waals surface area contributed by atoms with Crippen LogP contribution in [0.1, 0.15) is 23.1 Å². The van der Waals surface area contributed by atoms with Gasteiger partial charge < -0.3 is 20.6 Å². The fourth-order valence-corrected chi connectivity index (χ4v) is 4.69. The molecule has 0 bridgehead atoms. The highest BCUT2D eigenvalue weighted by Gasteiger charge is 2.56. The molecule has 9 heteroatoms. The van der Waals surface area contributed by atoms with Gasteiger partial charge in [-0.3, -0.25) is 0 Å². The Bertz CT molecular complexity index is 1370. The molecule has 7 nitrogen and oxygen atoms in total. The second kappa shape index (κ2) is 8.36. The zero-order chi connectivity index (χ0) is 24.0. The lowest BCUT2D eigenvalue weighted by Gasteiger charge is -2.43. The van der Waals surface area contributed by atoms with Gasteiger partial charge in [-0.1, -0.05) is 65.7 Å². The molecule has 0 fully saturated rings. The number of aromatic nitrogens is 2. The molecular formula is C25H19Cl2N3O4. The van der Waals surface area contributed by atoms with Crippen molar-refractivity contribution in [1.29, 1.82) is 0 Å². The van der Waals surface area contributed by atoms with E-state index in [4.69, 9.17) is 23.2 Å². The number of phenolic OH excluding ortho intramolecular Hbond substituents is 1. The first kappa shape index (κ1) is 22.3. The summed E-state index contributed by atoms with van der Waals surface area (Å²) in [5.74, 6) is -2.30. The van der Waals surface area contributed by atoms with Gasteiger partial charge in [-0.05, 0) is 35.9 Å². The largest absolute Gasteiger partial charge is 0.508 e. The minimum Gasteiger partial charge on any atom is -0.508 e. The van der Waals surface area contributed by atoms with Crippen molar-refractivity contribution in [3.63, 3.8) is 0 Å². The Balaban J connectivity index is 1.74. The second-order valence-electron chi connectivity index (χ2n) is 8.07. The number of rotatable bonds is 4. The Morgan fingerprint density at radius 2 is 1.59 bits per heavy atom. The van der Waals surface area contributed by atoms with Crippen molar-refractivity contribution in [1.82, 2.24) is 9.78 Å². The number of carboxylic acid groups (broad SMARTS) is 1. The second-order valence-corrected chi connectivity index (χ2v) is 8.95. The molecule has 172 valence electrons. The number of para-hydroxylation sites is 1. The lowest BCUT2D eigenvalue weighted by atomic mass is 9.77. The number of fused-ring (bicyclic) bond motifs is 1. The highest BCUT2D eigenvalue weighted by atomic mass is 35.5. The fraction of sp³-hybridized carbons (Fsp3) is 0.120. The maximum Gasteiger partial charge on any atom is 0.360 e. The van der Waals surface area contributed by atoms with E-state index in [1.54, 1.807) is 72.8 Å². The van der Waals surface area contributed by atoms with Crippen LogP contribution < -0.4 is 5.32 Å². The summed E-state index contributed by atoms with van der Waals surface area (Å²) in [5, 5.41) is 41.6. The van der Waals surface area contributed by atoms with Crippen molar-refractivity contribution in [2.24, 2.45) is 0 Å². The number of carbonyl (C=O) groups is 1. The highest BCUT2D eigenvalue weighted by Crippen LogP contribution is 2.50. The van der Waals surface area contributed by atoms with Crippen molar-refractivity contribution >= 4 is 35.0 Å². The van der Waals surface area contributed by atoms with Crippen LogP contribution in [0, 0.1) is 0 Å². The minimum absolute atomic E-state index is 0.0300. The summed E-state index contributed by atoms with van der Waals surface area (Å²) in [6, 6.07) is 20.9. The van der Waals surface area contributed by atoms with E-state index >= 15 is 0 Å². The van der Waals surface area contributed by atoms with Gasteiger partial charge >= 0.3 is 5.97 Å². The van der Waals surface area contributed by atoms with Crippen LogP contribution in [0.4, 0.5) is 5.82 Å². The topological polar surface area (TPSA) is 108 Å². The zero-order valence-corrected chi connectivity index (χ0v) is 19.1. The maximum atomic E-state index is 12.7. The lowest BCUT2D eigenvalue weighted by molar-refractivity contribution is -0.179. The van der Waals surface area contributed by atoms with E-state index in [2.05, 4.69) is 10.4 Å². The quantitative estimate of drug-likeness (QED) is 0.308. The van der Waals surface area contributed by atoms with Gasteiger partial charge in [-0.2, -0.15) is 5.10 Å². The number of aliphatic carboxylic acids is 1. The van der Waals surface area contributed by atoms with Crippen LogP contribution in [0.5, 0.6) is 5.75 Å². The van der Waals surface area contributed by atoms with Gasteiger partial charge in [0.25, 0.3) is 5.72 Å². The van der Waals surface area contributed by atoms with Crippen LogP contribution in [0.25, 0.3) is 11.3 Å². The molecule has 5 rings (SSSR count). The SMILES string of the molecule is O=C(O)C1(O)C(c2ccc(Cl)cc2)C(c2ccccc2O)Nc2cc(-c3ccc(Cl)cc3)nn21. The molecule has 3 atom stereocenters. The number of nitrogens with one attached hydrogen (secondary N) is 1. The van der Waals surface area contributed by atoms with E-state index in [0.717, 1.165) is 4.68 Å². The summed E-state index contributed by atoms with van der Waals surface area (Å²) in [6.07, 6.45) is 0.